The predicted octanol–water partition coefficient (Wildman–Crippen LogP) is 0.567. The van der Waals surface area contributed by atoms with E-state index < -0.39 is 14.8 Å². The van der Waals surface area contributed by atoms with Crippen molar-refractivity contribution >= 4 is 37.9 Å². The zero-order valence-electron chi connectivity index (χ0n) is 4.66. The van der Waals surface area contributed by atoms with Crippen molar-refractivity contribution in [1.82, 2.24) is 0 Å². The van der Waals surface area contributed by atoms with Gasteiger partial charge < -0.3 is 19.6 Å². The third kappa shape index (κ3) is 57.4. The van der Waals surface area contributed by atoms with Gasteiger partial charge in [0.2, 0.25) is 0 Å². The van der Waals surface area contributed by atoms with Crippen LogP contribution in [0.1, 0.15) is 0 Å². The molecule has 0 spiro atoms. The van der Waals surface area contributed by atoms with E-state index in [4.69, 9.17) is 24.1 Å². The molecule has 0 amide bonds. The van der Waals surface area contributed by atoms with Crippen LogP contribution in [-0.4, -0.2) is 19.6 Å². The Balaban J connectivity index is 0. The van der Waals surface area contributed by atoms with E-state index in [9.17, 15) is 4.57 Å². The van der Waals surface area contributed by atoms with Crippen molar-refractivity contribution in [3.63, 3.8) is 0 Å². The Morgan fingerprint density at radius 1 is 1.09 bits per heavy atom. The van der Waals surface area contributed by atoms with Gasteiger partial charge in [0.25, 0.3) is 0 Å². The molecule has 7 nitrogen and oxygen atoms in total. The summed E-state index contributed by atoms with van der Waals surface area (Å²) in [4.78, 5) is 29.4. The van der Waals surface area contributed by atoms with Crippen molar-refractivity contribution < 1.29 is 32.8 Å². The Morgan fingerprint density at radius 2 is 1.18 bits per heavy atom. The number of phosphoric acid groups is 1. The van der Waals surface area contributed by atoms with Crippen molar-refractivity contribution in [2.24, 2.45) is 0 Å². The maximum absolute atomic E-state index is 9.55. The van der Waals surface area contributed by atoms with Crippen molar-refractivity contribution in [3.8, 4) is 0 Å². The van der Waals surface area contributed by atoms with E-state index in [0.29, 0.717) is 0 Å². The lowest BCUT2D eigenvalue weighted by atomic mass is 15.8. The van der Waals surface area contributed by atoms with Gasteiger partial charge in [0.1, 0.15) is 0 Å². The molecule has 0 aliphatic carbocycles. The highest BCUT2D eigenvalue weighted by atomic mass is 35.7. The van der Waals surface area contributed by atoms with Crippen molar-refractivity contribution in [2.45, 2.75) is 0 Å². The Bertz CT molecular complexity index is 167. The van der Waals surface area contributed by atoms with Crippen molar-refractivity contribution in [1.29, 1.82) is 0 Å². The van der Waals surface area contributed by atoms with Crippen molar-refractivity contribution in [2.75, 3.05) is 0 Å². The van der Waals surface area contributed by atoms with Crippen LogP contribution >= 0.6 is 37.9 Å². The van der Waals surface area contributed by atoms with Gasteiger partial charge in [-0.05, 0) is 0 Å². The molecule has 1 atom stereocenters. The second kappa shape index (κ2) is 5.48. The van der Waals surface area contributed by atoms with Crippen LogP contribution in [0.25, 0.3) is 0 Å². The van der Waals surface area contributed by atoms with Gasteiger partial charge in [-0.2, -0.15) is 4.08 Å². The first kappa shape index (κ1) is 14.4. The smallest absolute Gasteiger partial charge is 0.312 e. The lowest BCUT2D eigenvalue weighted by molar-refractivity contribution is 0.275. The van der Waals surface area contributed by atoms with Crippen LogP contribution in [0.4, 0.5) is 0 Å². The highest BCUT2D eigenvalue weighted by Gasteiger charge is 2.10. The summed E-state index contributed by atoms with van der Waals surface area (Å²) in [7, 11) is -4.64. The molecule has 0 aromatic heterocycles. The molecular formula is H4Cl2O7P2. The molecule has 70 valence electrons. The van der Waals surface area contributed by atoms with Crippen LogP contribution < -0.4 is 0 Å². The lowest BCUT2D eigenvalue weighted by Crippen LogP contribution is -1.66. The lowest BCUT2D eigenvalue weighted by Gasteiger charge is -1.88. The van der Waals surface area contributed by atoms with Crippen LogP contribution in [0, 0.1) is 0 Å². The quantitative estimate of drug-likeness (QED) is 0.500. The second-order valence-electron chi connectivity index (χ2n) is 1.03. The summed E-state index contributed by atoms with van der Waals surface area (Å²) in [6.45, 7) is -3.91. The standard InChI is InChI=1S/Cl2HO3P.H3O4P/c1-5-6(2,3)4;1-5(2,3)4/h(H,3,4);(H3,1,2,3,4). The van der Waals surface area contributed by atoms with Crippen LogP contribution in [-0.2, 0) is 13.2 Å². The van der Waals surface area contributed by atoms with E-state index in [0.717, 1.165) is 0 Å². The first-order chi connectivity index (χ1) is 4.56. The Hall–Kier alpha value is 0.840. The zero-order chi connectivity index (χ0) is 9.71. The largest absolute Gasteiger partial charge is 0.466 e. The molecule has 0 aliphatic heterocycles. The van der Waals surface area contributed by atoms with Crippen LogP contribution in [0.3, 0.4) is 0 Å². The SMILES string of the molecule is O=P(O)(Cl)OCl.O=P(O)(O)O. The van der Waals surface area contributed by atoms with Gasteiger partial charge in [0.05, 0.1) is 11.9 Å². The van der Waals surface area contributed by atoms with E-state index in [1.807, 2.05) is 0 Å². The molecule has 0 fully saturated rings. The van der Waals surface area contributed by atoms with Crippen LogP contribution in [0.5, 0.6) is 0 Å². The van der Waals surface area contributed by atoms with E-state index >= 15 is 0 Å². The minimum Gasteiger partial charge on any atom is -0.312 e. The first-order valence-electron chi connectivity index (χ1n) is 1.67. The van der Waals surface area contributed by atoms with Gasteiger partial charge in [0.15, 0.2) is 0 Å². The number of hydrogen-bond acceptors (Lipinski definition) is 3. The number of halogens is 2. The maximum atomic E-state index is 9.55. The molecule has 0 rings (SSSR count). The van der Waals surface area contributed by atoms with E-state index in [2.05, 4.69) is 27.2 Å². The molecule has 0 bridgehead atoms. The molecule has 1 unspecified atom stereocenters. The van der Waals surface area contributed by atoms with E-state index in [1.54, 1.807) is 0 Å². The first-order valence-corrected chi connectivity index (χ1v) is 6.03. The third-order valence-corrected chi connectivity index (χ3v) is 1.24. The average molecular weight is 249 g/mol. The maximum Gasteiger partial charge on any atom is 0.466 e. The Kier molecular flexibility index (Phi) is 7.16. The van der Waals surface area contributed by atoms with Gasteiger partial charge in [-0.15, -0.1) is 0 Å². The highest BCUT2D eigenvalue weighted by Crippen LogP contribution is 2.48. The summed E-state index contributed by atoms with van der Waals surface area (Å²) >= 11 is 8.81. The molecule has 0 aromatic carbocycles. The van der Waals surface area contributed by atoms with Gasteiger partial charge in [-0.1, -0.05) is 0 Å². The third-order valence-electron chi connectivity index (χ3n) is 0.0851. The average Bonchev–Trinajstić information content (AvgIpc) is 1.59. The van der Waals surface area contributed by atoms with Crippen LogP contribution in [0.2, 0.25) is 0 Å². The zero-order valence-corrected chi connectivity index (χ0v) is 7.96. The molecule has 0 aromatic rings. The Morgan fingerprint density at radius 3 is 1.18 bits per heavy atom. The van der Waals surface area contributed by atoms with Gasteiger partial charge in [-0.25, -0.2) is 9.13 Å². The molecule has 0 aliphatic rings. The summed E-state index contributed by atoms with van der Waals surface area (Å²) in [5.74, 6) is 0. The normalized spacial score (nSPS) is 16.2. The topological polar surface area (TPSA) is 124 Å². The minimum absolute atomic E-state index is 3.29. The second-order valence-corrected chi connectivity index (χ2v) is 4.80. The minimum atomic E-state index is -4.64. The fourth-order valence-corrected chi connectivity index (χ4v) is 0. The summed E-state index contributed by atoms with van der Waals surface area (Å²) in [6, 6.07) is 0. The molecule has 4 N–H and O–H groups in total. The molecule has 0 saturated heterocycles. The summed E-state index contributed by atoms with van der Waals surface area (Å²) in [5, 5.41) is 0. The fraction of sp³-hybridized carbons (Fsp3) is 0. The highest BCUT2D eigenvalue weighted by molar-refractivity contribution is 7.81. The Labute approximate surface area is 71.3 Å². The fourth-order valence-electron chi connectivity index (χ4n) is 0. The summed E-state index contributed by atoms with van der Waals surface area (Å²) in [5.41, 5.74) is 0. The number of rotatable bonds is 1. The summed E-state index contributed by atoms with van der Waals surface area (Å²) in [6.07, 6.45) is 0. The van der Waals surface area contributed by atoms with Gasteiger partial charge in [0, 0.05) is 11.2 Å². The molecule has 11 heavy (non-hydrogen) atoms. The van der Waals surface area contributed by atoms with Crippen molar-refractivity contribution in [3.05, 3.63) is 0 Å². The molecule has 11 heteroatoms. The molecule has 0 saturated carbocycles. The predicted molar refractivity (Wildman–Crippen MR) is 36.9 cm³/mol. The monoisotopic (exact) mass is 248 g/mol. The van der Waals surface area contributed by atoms with E-state index in [-0.39, 0.29) is 0 Å². The summed E-state index contributed by atoms with van der Waals surface area (Å²) < 4.78 is 21.7. The molecule has 0 heterocycles. The molecule has 0 radical (unpaired) electrons. The van der Waals surface area contributed by atoms with Crippen LogP contribution in [0.15, 0.2) is 0 Å². The van der Waals surface area contributed by atoms with Gasteiger partial charge >= 0.3 is 14.8 Å². The van der Waals surface area contributed by atoms with E-state index in [1.165, 1.54) is 0 Å². The van der Waals surface area contributed by atoms with Gasteiger partial charge in [-0.3, -0.25) is 0 Å². The molecular weight excluding hydrogens is 245 g/mol. The number of hydrogen-bond donors (Lipinski definition) is 4.